The highest BCUT2D eigenvalue weighted by molar-refractivity contribution is 7.80. The van der Waals surface area contributed by atoms with E-state index in [9.17, 15) is 0 Å². The van der Waals surface area contributed by atoms with Gasteiger partial charge in [0.1, 0.15) is 0 Å². The molecule has 1 rings (SSSR count). The number of nitrogens with one attached hydrogen (secondary N) is 2. The molecule has 0 saturated heterocycles. The molecule has 0 aromatic heterocycles. The zero-order valence-corrected chi connectivity index (χ0v) is 13.5. The molecule has 1 aromatic carbocycles. The highest BCUT2D eigenvalue weighted by atomic mass is 32.1. The molecular formula is C14H21N3O3S. The number of thiocarbonyl (C=S) groups is 1. The number of nitrogens with zero attached hydrogens (tertiary/aromatic N) is 1. The number of hydrogen-bond acceptors (Lipinski definition) is 5. The normalized spacial score (nSPS) is 12.0. The minimum Gasteiger partial charge on any atom is -0.493 e. The predicted octanol–water partition coefficient (Wildman–Crippen LogP) is 1.54. The summed E-state index contributed by atoms with van der Waals surface area (Å²) in [5.41, 5.74) is 3.62. The highest BCUT2D eigenvalue weighted by Crippen LogP contribution is 2.26. The van der Waals surface area contributed by atoms with Gasteiger partial charge in [0.15, 0.2) is 16.6 Å². The largest absolute Gasteiger partial charge is 0.493 e. The van der Waals surface area contributed by atoms with E-state index in [-0.39, 0.29) is 6.04 Å². The van der Waals surface area contributed by atoms with Crippen LogP contribution in [0, 0.1) is 0 Å². The maximum atomic E-state index is 5.22. The van der Waals surface area contributed by atoms with Crippen molar-refractivity contribution in [3.8, 4) is 11.5 Å². The van der Waals surface area contributed by atoms with Crippen molar-refractivity contribution in [2.24, 2.45) is 5.10 Å². The maximum absolute atomic E-state index is 5.22. The zero-order chi connectivity index (χ0) is 15.7. The standard InChI is InChI=1S/C14H21N3O3S/c1-10(9-18-2)16-14(21)17-15-8-11-5-6-12(19-3)13(7-11)20-4/h5-8,10H,9H2,1-4H3,(H2,16,17,21)/b15-8-/t10-/m1/s1. The van der Waals surface area contributed by atoms with Gasteiger partial charge in [-0.2, -0.15) is 5.10 Å². The molecule has 0 heterocycles. The Hall–Kier alpha value is -1.86. The summed E-state index contributed by atoms with van der Waals surface area (Å²) in [6.07, 6.45) is 1.65. The van der Waals surface area contributed by atoms with Crippen molar-refractivity contribution in [2.75, 3.05) is 27.9 Å². The molecule has 6 nitrogen and oxygen atoms in total. The van der Waals surface area contributed by atoms with Crippen LogP contribution >= 0.6 is 12.2 Å². The van der Waals surface area contributed by atoms with Gasteiger partial charge < -0.3 is 19.5 Å². The Morgan fingerprint density at radius 1 is 1.29 bits per heavy atom. The maximum Gasteiger partial charge on any atom is 0.187 e. The second kappa shape index (κ2) is 9.15. The third-order valence-electron chi connectivity index (χ3n) is 2.58. The molecule has 21 heavy (non-hydrogen) atoms. The molecule has 116 valence electrons. The Bertz CT molecular complexity index is 494. The molecule has 0 aliphatic carbocycles. The van der Waals surface area contributed by atoms with Gasteiger partial charge in [0.2, 0.25) is 0 Å². The van der Waals surface area contributed by atoms with Crippen molar-refractivity contribution in [3.05, 3.63) is 23.8 Å². The molecule has 1 atom stereocenters. The van der Waals surface area contributed by atoms with E-state index in [2.05, 4.69) is 15.8 Å². The van der Waals surface area contributed by atoms with Gasteiger partial charge in [-0.25, -0.2) is 0 Å². The lowest BCUT2D eigenvalue weighted by Gasteiger charge is -2.13. The molecule has 2 N–H and O–H groups in total. The van der Waals surface area contributed by atoms with Crippen molar-refractivity contribution in [1.82, 2.24) is 10.7 Å². The smallest absolute Gasteiger partial charge is 0.187 e. The van der Waals surface area contributed by atoms with Crippen molar-refractivity contribution in [1.29, 1.82) is 0 Å². The molecule has 0 bridgehead atoms. The summed E-state index contributed by atoms with van der Waals surface area (Å²) in [7, 11) is 4.83. The van der Waals surface area contributed by atoms with Crippen LogP contribution in [-0.2, 0) is 4.74 Å². The minimum atomic E-state index is 0.117. The average molecular weight is 311 g/mol. The number of rotatable bonds is 7. The van der Waals surface area contributed by atoms with E-state index in [4.69, 9.17) is 26.4 Å². The number of ether oxygens (including phenoxy) is 3. The summed E-state index contributed by atoms with van der Waals surface area (Å²) in [6.45, 7) is 2.54. The van der Waals surface area contributed by atoms with Crippen LogP contribution in [-0.4, -0.2) is 45.3 Å². The Morgan fingerprint density at radius 2 is 2.00 bits per heavy atom. The Kier molecular flexibility index (Phi) is 7.49. The lowest BCUT2D eigenvalue weighted by molar-refractivity contribution is 0.179. The third kappa shape index (κ3) is 5.97. The predicted molar refractivity (Wildman–Crippen MR) is 87.3 cm³/mol. The first-order chi connectivity index (χ1) is 10.1. The van der Waals surface area contributed by atoms with Crippen LogP contribution in [0.4, 0.5) is 0 Å². The number of benzene rings is 1. The zero-order valence-electron chi connectivity index (χ0n) is 12.7. The van der Waals surface area contributed by atoms with Crippen molar-refractivity contribution >= 4 is 23.5 Å². The quantitative estimate of drug-likeness (QED) is 0.452. The summed E-state index contributed by atoms with van der Waals surface area (Å²) in [4.78, 5) is 0. The fourth-order valence-corrected chi connectivity index (χ4v) is 1.90. The summed E-state index contributed by atoms with van der Waals surface area (Å²) >= 11 is 5.11. The van der Waals surface area contributed by atoms with E-state index in [1.54, 1.807) is 27.5 Å². The molecular weight excluding hydrogens is 290 g/mol. The van der Waals surface area contributed by atoms with E-state index < -0.39 is 0 Å². The van der Waals surface area contributed by atoms with Crippen LogP contribution in [0.5, 0.6) is 11.5 Å². The second-order valence-electron chi connectivity index (χ2n) is 4.31. The van der Waals surface area contributed by atoms with Gasteiger partial charge in [0.05, 0.1) is 27.0 Å². The summed E-state index contributed by atoms with van der Waals surface area (Å²) in [5, 5.41) is 7.56. The van der Waals surface area contributed by atoms with Gasteiger partial charge in [-0.3, -0.25) is 5.43 Å². The van der Waals surface area contributed by atoms with Crippen LogP contribution in [0.15, 0.2) is 23.3 Å². The van der Waals surface area contributed by atoms with Gasteiger partial charge in [0.25, 0.3) is 0 Å². The Morgan fingerprint density at radius 3 is 2.62 bits per heavy atom. The fourth-order valence-electron chi connectivity index (χ4n) is 1.65. The minimum absolute atomic E-state index is 0.117. The van der Waals surface area contributed by atoms with Crippen LogP contribution in [0.1, 0.15) is 12.5 Å². The van der Waals surface area contributed by atoms with Crippen LogP contribution < -0.4 is 20.2 Å². The van der Waals surface area contributed by atoms with Crippen LogP contribution in [0.3, 0.4) is 0 Å². The molecule has 0 radical (unpaired) electrons. The number of hydrazone groups is 1. The average Bonchev–Trinajstić information content (AvgIpc) is 2.47. The van der Waals surface area contributed by atoms with Gasteiger partial charge >= 0.3 is 0 Å². The topological polar surface area (TPSA) is 64.1 Å². The molecule has 0 fully saturated rings. The van der Waals surface area contributed by atoms with Crippen molar-refractivity contribution in [3.63, 3.8) is 0 Å². The van der Waals surface area contributed by atoms with Gasteiger partial charge in [-0.1, -0.05) is 0 Å². The Balaban J connectivity index is 2.55. The first kappa shape index (κ1) is 17.2. The highest BCUT2D eigenvalue weighted by Gasteiger charge is 2.04. The monoisotopic (exact) mass is 311 g/mol. The molecule has 0 saturated carbocycles. The lowest BCUT2D eigenvalue weighted by atomic mass is 10.2. The third-order valence-corrected chi connectivity index (χ3v) is 2.79. The SMILES string of the molecule is COC[C@@H](C)NC(=S)N/N=C\c1ccc(OC)c(OC)c1. The van der Waals surface area contributed by atoms with Gasteiger partial charge in [-0.05, 0) is 42.9 Å². The van der Waals surface area contributed by atoms with Crippen LogP contribution in [0.2, 0.25) is 0 Å². The van der Waals surface area contributed by atoms with E-state index in [1.165, 1.54) is 0 Å². The van der Waals surface area contributed by atoms with Gasteiger partial charge in [0, 0.05) is 13.2 Å². The summed E-state index contributed by atoms with van der Waals surface area (Å²) in [5.74, 6) is 1.32. The van der Waals surface area contributed by atoms with Crippen molar-refractivity contribution in [2.45, 2.75) is 13.0 Å². The number of hydrogen-bond donors (Lipinski definition) is 2. The molecule has 0 aliphatic rings. The molecule has 0 spiro atoms. The summed E-state index contributed by atoms with van der Waals surface area (Å²) in [6, 6.07) is 5.63. The molecule has 0 amide bonds. The molecule has 1 aromatic rings. The van der Waals surface area contributed by atoms with Crippen LogP contribution in [0.25, 0.3) is 0 Å². The van der Waals surface area contributed by atoms with E-state index in [0.717, 1.165) is 5.56 Å². The van der Waals surface area contributed by atoms with E-state index in [1.807, 2.05) is 25.1 Å². The molecule has 0 aliphatic heterocycles. The summed E-state index contributed by atoms with van der Waals surface area (Å²) < 4.78 is 15.4. The Labute approximate surface area is 130 Å². The number of methoxy groups -OCH3 is 3. The van der Waals surface area contributed by atoms with E-state index in [0.29, 0.717) is 23.2 Å². The van der Waals surface area contributed by atoms with Gasteiger partial charge in [-0.15, -0.1) is 0 Å². The first-order valence-corrected chi connectivity index (χ1v) is 6.82. The second-order valence-corrected chi connectivity index (χ2v) is 4.72. The van der Waals surface area contributed by atoms with E-state index >= 15 is 0 Å². The first-order valence-electron chi connectivity index (χ1n) is 6.41. The lowest BCUT2D eigenvalue weighted by Crippen LogP contribution is -2.40. The van der Waals surface area contributed by atoms with Crippen molar-refractivity contribution < 1.29 is 14.2 Å². The molecule has 0 unspecified atom stereocenters. The molecule has 7 heteroatoms. The fraction of sp³-hybridized carbons (Fsp3) is 0.429.